The Balaban J connectivity index is 0.00000504. The molecular weight excluding hydrogens is 1060 g/mol. The van der Waals surface area contributed by atoms with Crippen LogP contribution < -0.4 is 4.57 Å². The van der Waals surface area contributed by atoms with Crippen LogP contribution in [-0.2, 0) is 44.5 Å². The van der Waals surface area contributed by atoms with E-state index in [1.54, 1.807) is 0 Å². The Morgan fingerprint density at radius 2 is 0.917 bits per heavy atom. The van der Waals surface area contributed by atoms with Crippen LogP contribution in [-0.4, -0.2) is 24.5 Å². The molecule has 6 aromatic carbocycles. The Morgan fingerprint density at radius 1 is 0.458 bits per heavy atom. The molecule has 346 valence electrons. The van der Waals surface area contributed by atoms with E-state index in [1.165, 1.54) is 16.7 Å². The molecule has 14 rings (SSSR count). The molecule has 0 radical (unpaired) electrons. The fourth-order valence-corrected chi connectivity index (χ4v) is 12.9. The molecule has 3 aliphatic rings. The van der Waals surface area contributed by atoms with Crippen molar-refractivity contribution in [3.8, 4) is 44.5 Å². The summed E-state index contributed by atoms with van der Waals surface area (Å²) >= 11 is 0. The molecule has 11 aromatic rings. The smallest absolute Gasteiger partial charge is 0.204 e. The molecule has 0 saturated carbocycles. The first-order valence-corrected chi connectivity index (χ1v) is 24.1. The van der Waals surface area contributed by atoms with E-state index in [4.69, 9.17) is 15.0 Å². The second kappa shape index (κ2) is 16.4. The van der Waals surface area contributed by atoms with Crippen molar-refractivity contribution < 1.29 is 25.6 Å². The number of aromatic nitrogens is 6. The van der Waals surface area contributed by atoms with Gasteiger partial charge in [0.05, 0.1) is 18.2 Å². The summed E-state index contributed by atoms with van der Waals surface area (Å²) in [5.74, 6) is 0. The van der Waals surface area contributed by atoms with Crippen LogP contribution in [0.3, 0.4) is 0 Å². The number of fused-ring (bicyclic) bond motifs is 9. The van der Waals surface area contributed by atoms with Crippen LogP contribution in [0.2, 0.25) is 0 Å². The van der Waals surface area contributed by atoms with E-state index in [-0.39, 0.29) is 21.1 Å². The van der Waals surface area contributed by atoms with Gasteiger partial charge in [0.25, 0.3) is 0 Å². The van der Waals surface area contributed by atoms with Gasteiger partial charge in [-0.05, 0) is 118 Å². The molecule has 6 nitrogen and oxygen atoms in total. The minimum atomic E-state index is -0.889. The largest absolute Gasteiger partial charge is 0.354 e. The molecule has 0 bridgehead atoms. The molecule has 0 saturated heterocycles. The molecule has 5 aromatic heterocycles. The van der Waals surface area contributed by atoms with Gasteiger partial charge in [-0.3, -0.25) is 19.9 Å². The first-order valence-electron chi connectivity index (χ1n) is 24.1. The van der Waals surface area contributed by atoms with Crippen molar-refractivity contribution in [2.24, 2.45) is 7.05 Å². The summed E-state index contributed by atoms with van der Waals surface area (Å²) in [5.41, 5.74) is 20.6. The molecule has 0 N–H and O–H groups in total. The molecule has 3 atom stereocenters. The van der Waals surface area contributed by atoms with Gasteiger partial charge in [-0.15, -0.1) is 22.3 Å². The third-order valence-corrected chi connectivity index (χ3v) is 15.7. The third-order valence-electron chi connectivity index (χ3n) is 15.7. The van der Waals surface area contributed by atoms with Gasteiger partial charge in [0.15, 0.2) is 0 Å². The van der Waals surface area contributed by atoms with E-state index in [1.807, 2.05) is 55.0 Å². The Hall–Kier alpha value is -8.18. The average Bonchev–Trinajstić information content (AvgIpc) is 4.16. The molecule has 72 heavy (non-hydrogen) atoms. The van der Waals surface area contributed by atoms with Gasteiger partial charge >= 0.3 is 0 Å². The number of hydrogen-bond donors (Lipinski definition) is 0. The van der Waals surface area contributed by atoms with Crippen LogP contribution in [0.5, 0.6) is 0 Å². The summed E-state index contributed by atoms with van der Waals surface area (Å²) in [5, 5.41) is 0. The van der Waals surface area contributed by atoms with Gasteiger partial charge in [-0.2, -0.15) is 48.5 Å². The third kappa shape index (κ3) is 5.78. The molecule has 0 spiro atoms. The minimum Gasteiger partial charge on any atom is -0.354 e. The molecule has 3 aliphatic carbocycles. The molecule has 5 heterocycles. The van der Waals surface area contributed by atoms with Crippen molar-refractivity contribution in [3.63, 3.8) is 0 Å². The Morgan fingerprint density at radius 3 is 1.53 bits per heavy atom. The summed E-state index contributed by atoms with van der Waals surface area (Å²) in [7, 11) is 2.02. The number of benzene rings is 6. The van der Waals surface area contributed by atoms with Crippen molar-refractivity contribution in [1.29, 1.82) is 0 Å². The topological polar surface area (TPSA) is 60.4 Å². The number of aryl methyl sites for hydroxylation is 3. The quantitative estimate of drug-likeness (QED) is 0.118. The first kappa shape index (κ1) is 43.8. The van der Waals surface area contributed by atoms with Crippen molar-refractivity contribution in [3.05, 3.63) is 304 Å². The number of hydrogen-bond acceptors (Lipinski definition) is 4. The second-order valence-electron chi connectivity index (χ2n) is 19.1. The average molecular weight is 1100 g/mol. The number of nitrogens with zero attached hydrogens (tertiary/aromatic N) is 6. The first-order chi connectivity index (χ1) is 34.9. The zero-order valence-corrected chi connectivity index (χ0v) is 42.0. The van der Waals surface area contributed by atoms with Crippen molar-refractivity contribution >= 4 is 0 Å². The normalized spacial score (nSPS) is 18.5. The van der Waals surface area contributed by atoms with E-state index in [0.717, 1.165) is 100 Å². The summed E-state index contributed by atoms with van der Waals surface area (Å²) < 4.78 is 4.21. The molecule has 7 heteroatoms. The van der Waals surface area contributed by atoms with Crippen LogP contribution in [0, 0.1) is 32.3 Å². The van der Waals surface area contributed by atoms with Crippen LogP contribution in [0.1, 0.15) is 72.5 Å². The van der Waals surface area contributed by atoms with Crippen LogP contribution in [0.25, 0.3) is 44.5 Å². The molecular formula is C65H44N6Pt-2. The van der Waals surface area contributed by atoms with Crippen LogP contribution >= 0.6 is 0 Å². The number of pyridine rings is 4. The SMILES string of the molecule is Cc1cccc(C)c1-c1ccnc(C2(c3[c-]c(C4(c5[c-]c(C6(n7[c-][n+](C)cc7)c7ccccc7-c7cnccc76)ccc5)c5ccccc5-c5cnccc54)ccc3)c3ccccc3-c3cnccc32)c1.[Pt]. The van der Waals surface area contributed by atoms with Crippen LogP contribution in [0.4, 0.5) is 0 Å². The Bertz CT molecular complexity index is 3820. The standard InChI is InChI=1S/C65H44N6.Pt/c1-42-13-10-14-43(2)62(42)44-25-32-69-61(35-44)64(56-23-8-5-20-50(56)53-39-67-30-27-58(53)64)47-17-11-15-45(36-47)63(55-22-7-4-19-49(55)52-38-66-29-26-57(52)63)46-16-12-18-48(37-46)65(71-34-33-70(3)41-71)59-24-9-6-21-51(59)54-40-68-31-28-60(54)65;/h4-35,38-40H,1-3H3;/q-2;. The van der Waals surface area contributed by atoms with E-state index in [2.05, 4.69) is 212 Å². The fourth-order valence-electron chi connectivity index (χ4n) is 12.9. The predicted molar refractivity (Wildman–Crippen MR) is 276 cm³/mol. The predicted octanol–water partition coefficient (Wildman–Crippen LogP) is 12.1. The van der Waals surface area contributed by atoms with E-state index in [9.17, 15) is 0 Å². The van der Waals surface area contributed by atoms with Gasteiger partial charge in [-0.1, -0.05) is 91.0 Å². The summed E-state index contributed by atoms with van der Waals surface area (Å²) in [4.78, 5) is 19.6. The molecule has 0 amide bonds. The van der Waals surface area contributed by atoms with E-state index >= 15 is 0 Å². The minimum absolute atomic E-state index is 0. The monoisotopic (exact) mass is 1100 g/mol. The van der Waals surface area contributed by atoms with E-state index in [0.29, 0.717) is 0 Å². The fraction of sp³-hybridized carbons (Fsp3) is 0.0923. The molecule has 0 aliphatic heterocycles. The molecule has 3 unspecified atom stereocenters. The Labute approximate surface area is 433 Å². The molecule has 0 fully saturated rings. The maximum atomic E-state index is 5.39. The Kier molecular flexibility index (Phi) is 10.0. The zero-order valence-electron chi connectivity index (χ0n) is 39.7. The van der Waals surface area contributed by atoms with Crippen molar-refractivity contribution in [2.45, 2.75) is 30.2 Å². The van der Waals surface area contributed by atoms with Gasteiger partial charge in [0.2, 0.25) is 6.33 Å². The summed E-state index contributed by atoms with van der Waals surface area (Å²) in [6, 6.07) is 65.8. The number of rotatable bonds is 7. The maximum Gasteiger partial charge on any atom is 0.204 e. The van der Waals surface area contributed by atoms with Gasteiger partial charge < -0.3 is 9.13 Å². The second-order valence-corrected chi connectivity index (χ2v) is 19.1. The summed E-state index contributed by atoms with van der Waals surface area (Å²) in [6.07, 6.45) is 21.6. The maximum absolute atomic E-state index is 5.39. The summed E-state index contributed by atoms with van der Waals surface area (Å²) in [6.45, 7) is 4.39. The van der Waals surface area contributed by atoms with Gasteiger partial charge in [0.1, 0.15) is 5.54 Å². The van der Waals surface area contributed by atoms with Crippen LogP contribution in [0.15, 0.2) is 213 Å². The van der Waals surface area contributed by atoms with Crippen molar-refractivity contribution in [2.75, 3.05) is 0 Å². The van der Waals surface area contributed by atoms with Gasteiger partial charge in [0, 0.05) is 97.7 Å². The van der Waals surface area contributed by atoms with E-state index < -0.39 is 16.4 Å². The zero-order chi connectivity index (χ0) is 47.5. The van der Waals surface area contributed by atoms with Crippen molar-refractivity contribution in [1.82, 2.24) is 24.5 Å². The number of imidazole rings is 1. The van der Waals surface area contributed by atoms with Gasteiger partial charge in [-0.25, -0.2) is 0 Å².